The summed E-state index contributed by atoms with van der Waals surface area (Å²) in [5, 5.41) is 8.58. The topological polar surface area (TPSA) is 58.4 Å². The van der Waals surface area contributed by atoms with Gasteiger partial charge >= 0.3 is 0 Å². The lowest BCUT2D eigenvalue weighted by Gasteiger charge is -2.30. The lowest BCUT2D eigenvalue weighted by molar-refractivity contribution is 0.413. The first kappa shape index (κ1) is 20.9. The normalized spacial score (nSPS) is 21.6. The molecule has 6 heteroatoms. The van der Waals surface area contributed by atoms with Crippen LogP contribution in [0.2, 0.25) is 0 Å². The zero-order valence-corrected chi connectivity index (χ0v) is 18.0. The number of hydrogen-bond donors (Lipinski definition) is 2. The molecule has 1 aromatic carbocycles. The number of rotatable bonds is 8. The second kappa shape index (κ2) is 10.6. The molecule has 2 N–H and O–H groups in total. The van der Waals surface area contributed by atoms with Crippen LogP contribution in [0, 0.1) is 0 Å². The predicted octanol–water partition coefficient (Wildman–Crippen LogP) is 3.67. The van der Waals surface area contributed by atoms with E-state index >= 15 is 0 Å². The Morgan fingerprint density at radius 3 is 2.93 bits per heavy atom. The van der Waals surface area contributed by atoms with Gasteiger partial charge in [0.05, 0.1) is 0 Å². The quantitative estimate of drug-likeness (QED) is 0.402. The van der Waals surface area contributed by atoms with Crippen LogP contribution in [0.1, 0.15) is 46.0 Å². The van der Waals surface area contributed by atoms with Crippen molar-refractivity contribution in [3.05, 3.63) is 36.5 Å². The van der Waals surface area contributed by atoms with Gasteiger partial charge < -0.3 is 15.2 Å². The minimum Gasteiger partial charge on any atom is -0.357 e. The molecule has 3 rings (SSSR count). The molecule has 0 aliphatic heterocycles. The number of para-hydroxylation sites is 1. The Labute approximate surface area is 171 Å². The van der Waals surface area contributed by atoms with Crippen LogP contribution in [-0.4, -0.2) is 44.9 Å². The monoisotopic (exact) mass is 402 g/mol. The van der Waals surface area contributed by atoms with Gasteiger partial charge in [-0.2, -0.15) is 0 Å². The highest BCUT2D eigenvalue weighted by Crippen LogP contribution is 2.23. The van der Waals surface area contributed by atoms with Gasteiger partial charge in [-0.05, 0) is 50.1 Å². The number of nitrogens with one attached hydrogen (secondary N) is 2. The second-order valence-electron chi connectivity index (χ2n) is 7.48. The van der Waals surface area contributed by atoms with Gasteiger partial charge in [-0.3, -0.25) is 9.20 Å². The maximum absolute atomic E-state index is 12.2. The van der Waals surface area contributed by atoms with E-state index in [0.717, 1.165) is 63.5 Å². The summed E-state index contributed by atoms with van der Waals surface area (Å²) in [6.07, 6.45) is 7.53. The smallest absolute Gasteiger partial charge is 0.191 e. The molecule has 2 aromatic rings. The first-order valence-corrected chi connectivity index (χ1v) is 12.0. The molecule has 28 heavy (non-hydrogen) atoms. The van der Waals surface area contributed by atoms with Crippen LogP contribution in [0.3, 0.4) is 0 Å². The first-order valence-electron chi connectivity index (χ1n) is 10.7. The van der Waals surface area contributed by atoms with Gasteiger partial charge in [-0.15, -0.1) is 0 Å². The molecular weight excluding hydrogens is 368 g/mol. The Kier molecular flexibility index (Phi) is 7.95. The number of aliphatic imine (C=N–C) groups is 1. The number of aromatic nitrogens is 1. The van der Waals surface area contributed by atoms with E-state index in [9.17, 15) is 4.21 Å². The van der Waals surface area contributed by atoms with E-state index in [2.05, 4.69) is 58.7 Å². The van der Waals surface area contributed by atoms with Crippen LogP contribution in [0.15, 0.2) is 41.5 Å². The number of guanidine groups is 1. The van der Waals surface area contributed by atoms with E-state index in [-0.39, 0.29) is 0 Å². The SMILES string of the molecule is CCNC(=NCCCn1ccc2ccccc21)NC1CCCC(S(=O)CC)C1. The summed E-state index contributed by atoms with van der Waals surface area (Å²) in [7, 11) is -0.691. The Balaban J connectivity index is 1.51. The van der Waals surface area contributed by atoms with Crippen molar-refractivity contribution in [3.63, 3.8) is 0 Å². The van der Waals surface area contributed by atoms with Gasteiger partial charge in [0.2, 0.25) is 0 Å². The number of fused-ring (bicyclic) bond motifs is 1. The molecule has 0 amide bonds. The van der Waals surface area contributed by atoms with Crippen molar-refractivity contribution in [3.8, 4) is 0 Å². The lowest BCUT2D eigenvalue weighted by Crippen LogP contribution is -2.46. The molecule has 1 aliphatic rings. The van der Waals surface area contributed by atoms with Gasteiger partial charge in [0, 0.05) is 59.2 Å². The van der Waals surface area contributed by atoms with E-state index in [1.807, 2.05) is 6.92 Å². The van der Waals surface area contributed by atoms with Crippen LogP contribution in [-0.2, 0) is 17.3 Å². The number of hydrogen-bond acceptors (Lipinski definition) is 2. The van der Waals surface area contributed by atoms with Gasteiger partial charge in [-0.25, -0.2) is 0 Å². The molecule has 0 radical (unpaired) electrons. The van der Waals surface area contributed by atoms with Gasteiger partial charge in [0.1, 0.15) is 0 Å². The van der Waals surface area contributed by atoms with E-state index in [1.54, 1.807) is 0 Å². The summed E-state index contributed by atoms with van der Waals surface area (Å²) < 4.78 is 14.5. The van der Waals surface area contributed by atoms with Crippen molar-refractivity contribution >= 4 is 27.7 Å². The summed E-state index contributed by atoms with van der Waals surface area (Å²) >= 11 is 0. The fourth-order valence-electron chi connectivity index (χ4n) is 4.03. The average Bonchev–Trinajstić information content (AvgIpc) is 3.14. The summed E-state index contributed by atoms with van der Waals surface area (Å²) in [6.45, 7) is 6.73. The lowest BCUT2D eigenvalue weighted by atomic mass is 9.95. The highest BCUT2D eigenvalue weighted by atomic mass is 32.2. The zero-order valence-electron chi connectivity index (χ0n) is 17.2. The summed E-state index contributed by atoms with van der Waals surface area (Å²) in [5.41, 5.74) is 1.29. The predicted molar refractivity (Wildman–Crippen MR) is 120 cm³/mol. The fourth-order valence-corrected chi connectivity index (χ4v) is 5.38. The number of nitrogens with zero attached hydrogens (tertiary/aromatic N) is 2. The van der Waals surface area contributed by atoms with Crippen molar-refractivity contribution in [2.24, 2.45) is 4.99 Å². The van der Waals surface area contributed by atoms with Crippen molar-refractivity contribution in [2.75, 3.05) is 18.8 Å². The van der Waals surface area contributed by atoms with Crippen LogP contribution in [0.25, 0.3) is 10.9 Å². The van der Waals surface area contributed by atoms with E-state index < -0.39 is 10.8 Å². The van der Waals surface area contributed by atoms with Crippen LogP contribution < -0.4 is 10.6 Å². The third-order valence-electron chi connectivity index (χ3n) is 5.47. The summed E-state index contributed by atoms with van der Waals surface area (Å²) in [6, 6.07) is 11.0. The Bertz CT molecular complexity index is 801. The average molecular weight is 403 g/mol. The zero-order chi connectivity index (χ0) is 19.8. The molecule has 3 unspecified atom stereocenters. The molecule has 0 spiro atoms. The van der Waals surface area contributed by atoms with Crippen molar-refractivity contribution < 1.29 is 4.21 Å². The highest BCUT2D eigenvalue weighted by Gasteiger charge is 2.25. The Hall–Kier alpha value is -1.82. The molecule has 1 fully saturated rings. The van der Waals surface area contributed by atoms with Crippen LogP contribution in [0.4, 0.5) is 0 Å². The minimum absolute atomic E-state index is 0.334. The summed E-state index contributed by atoms with van der Waals surface area (Å²) in [5.74, 6) is 1.66. The standard InChI is InChI=1S/C22H34N4OS/c1-3-23-22(25-19-10-7-11-20(17-19)28(27)4-2)24-14-8-15-26-16-13-18-9-5-6-12-21(18)26/h5-6,9,12-13,16,19-20H,3-4,7-8,10-11,14-15,17H2,1-2H3,(H2,23,24,25). The van der Waals surface area contributed by atoms with E-state index in [0.29, 0.717) is 11.3 Å². The van der Waals surface area contributed by atoms with Crippen molar-refractivity contribution in [1.29, 1.82) is 0 Å². The molecule has 154 valence electrons. The van der Waals surface area contributed by atoms with E-state index in [4.69, 9.17) is 4.99 Å². The molecule has 1 aromatic heterocycles. The largest absolute Gasteiger partial charge is 0.357 e. The Morgan fingerprint density at radius 1 is 1.25 bits per heavy atom. The number of benzene rings is 1. The molecule has 0 saturated heterocycles. The Morgan fingerprint density at radius 2 is 2.11 bits per heavy atom. The van der Waals surface area contributed by atoms with Crippen molar-refractivity contribution in [1.82, 2.24) is 15.2 Å². The molecule has 1 heterocycles. The third kappa shape index (κ3) is 5.60. The summed E-state index contributed by atoms with van der Waals surface area (Å²) in [4.78, 5) is 4.78. The van der Waals surface area contributed by atoms with Gasteiger partial charge in [-0.1, -0.05) is 31.5 Å². The fraction of sp³-hybridized carbons (Fsp3) is 0.591. The molecule has 3 atom stereocenters. The maximum Gasteiger partial charge on any atom is 0.191 e. The maximum atomic E-state index is 12.2. The molecular formula is C22H34N4OS. The second-order valence-corrected chi connectivity index (χ2v) is 9.49. The van der Waals surface area contributed by atoms with Crippen molar-refractivity contribution in [2.45, 2.75) is 63.8 Å². The highest BCUT2D eigenvalue weighted by molar-refractivity contribution is 7.85. The van der Waals surface area contributed by atoms with E-state index in [1.165, 1.54) is 10.9 Å². The minimum atomic E-state index is -0.691. The number of aryl methyl sites for hydroxylation is 1. The first-order chi connectivity index (χ1) is 13.7. The molecule has 5 nitrogen and oxygen atoms in total. The molecule has 0 bridgehead atoms. The van der Waals surface area contributed by atoms with Crippen LogP contribution >= 0.6 is 0 Å². The molecule has 1 saturated carbocycles. The third-order valence-corrected chi connectivity index (χ3v) is 7.22. The van der Waals surface area contributed by atoms with Crippen LogP contribution in [0.5, 0.6) is 0 Å². The molecule has 1 aliphatic carbocycles. The van der Waals surface area contributed by atoms with Gasteiger partial charge in [0.15, 0.2) is 5.96 Å². The van der Waals surface area contributed by atoms with Gasteiger partial charge in [0.25, 0.3) is 0 Å².